The fourth-order valence-electron chi connectivity index (χ4n) is 2.42. The van der Waals surface area contributed by atoms with Crippen LogP contribution >= 0.6 is 11.3 Å². The quantitative estimate of drug-likeness (QED) is 0.708. The van der Waals surface area contributed by atoms with Gasteiger partial charge in [-0.25, -0.2) is 4.98 Å². The zero-order valence-electron chi connectivity index (χ0n) is 12.8. The first kappa shape index (κ1) is 14.7. The molecule has 0 amide bonds. The number of hydrogen-bond acceptors (Lipinski definition) is 4. The molecule has 0 saturated heterocycles. The Morgan fingerprint density at radius 2 is 2.00 bits per heavy atom. The SMILES string of the molecule is CCCCc1nn2c(C#N)c(-c3ccc(CC)cc3)nc2s1. The van der Waals surface area contributed by atoms with Crippen LogP contribution in [0.4, 0.5) is 0 Å². The minimum absolute atomic E-state index is 0.526. The van der Waals surface area contributed by atoms with Gasteiger partial charge in [0.2, 0.25) is 4.96 Å². The van der Waals surface area contributed by atoms with Gasteiger partial charge in [-0.3, -0.25) is 0 Å². The van der Waals surface area contributed by atoms with E-state index in [1.807, 2.05) is 12.1 Å². The highest BCUT2D eigenvalue weighted by Crippen LogP contribution is 2.27. The van der Waals surface area contributed by atoms with E-state index in [1.165, 1.54) is 5.56 Å². The Morgan fingerprint density at radius 1 is 1.23 bits per heavy atom. The lowest BCUT2D eigenvalue weighted by atomic mass is 10.1. The summed E-state index contributed by atoms with van der Waals surface area (Å²) in [5.74, 6) is 0. The van der Waals surface area contributed by atoms with Crippen molar-refractivity contribution in [2.24, 2.45) is 0 Å². The van der Waals surface area contributed by atoms with E-state index in [0.29, 0.717) is 5.69 Å². The first-order valence-corrected chi connectivity index (χ1v) is 8.46. The van der Waals surface area contributed by atoms with E-state index in [2.05, 4.69) is 42.1 Å². The third kappa shape index (κ3) is 2.62. The minimum Gasteiger partial charge on any atom is -0.216 e. The molecular weight excluding hydrogens is 292 g/mol. The molecule has 0 aliphatic rings. The van der Waals surface area contributed by atoms with Crippen molar-refractivity contribution in [1.29, 1.82) is 5.26 Å². The maximum atomic E-state index is 9.51. The van der Waals surface area contributed by atoms with Crippen LogP contribution in [0.15, 0.2) is 24.3 Å². The van der Waals surface area contributed by atoms with E-state index in [0.717, 1.165) is 46.9 Å². The maximum Gasteiger partial charge on any atom is 0.214 e. The highest BCUT2D eigenvalue weighted by molar-refractivity contribution is 7.16. The second kappa shape index (κ2) is 6.29. The van der Waals surface area contributed by atoms with Crippen LogP contribution in [0.2, 0.25) is 0 Å². The summed E-state index contributed by atoms with van der Waals surface area (Å²) in [6, 6.07) is 10.5. The van der Waals surface area contributed by atoms with Crippen LogP contribution in [0.1, 0.15) is 43.0 Å². The van der Waals surface area contributed by atoms with E-state index in [9.17, 15) is 5.26 Å². The van der Waals surface area contributed by atoms with Gasteiger partial charge >= 0.3 is 0 Å². The lowest BCUT2D eigenvalue weighted by Gasteiger charge is -2.00. The smallest absolute Gasteiger partial charge is 0.214 e. The Balaban J connectivity index is 2.02. The summed E-state index contributed by atoms with van der Waals surface area (Å²) in [5, 5.41) is 15.1. The molecule has 1 aromatic carbocycles. The average Bonchev–Trinajstić information content (AvgIpc) is 3.09. The van der Waals surface area contributed by atoms with E-state index < -0.39 is 0 Å². The van der Waals surface area contributed by atoms with Crippen molar-refractivity contribution < 1.29 is 0 Å². The molecule has 4 nitrogen and oxygen atoms in total. The zero-order valence-corrected chi connectivity index (χ0v) is 13.7. The number of nitrogens with zero attached hydrogens (tertiary/aromatic N) is 4. The van der Waals surface area contributed by atoms with Gasteiger partial charge in [-0.05, 0) is 18.4 Å². The molecule has 3 rings (SSSR count). The van der Waals surface area contributed by atoms with Crippen LogP contribution in [-0.4, -0.2) is 14.6 Å². The molecule has 112 valence electrons. The predicted octanol–water partition coefficient (Wildman–Crippen LogP) is 4.23. The molecule has 0 fully saturated rings. The largest absolute Gasteiger partial charge is 0.216 e. The van der Waals surface area contributed by atoms with E-state index in [-0.39, 0.29) is 0 Å². The van der Waals surface area contributed by atoms with Gasteiger partial charge in [0.15, 0.2) is 5.69 Å². The molecule has 0 unspecified atom stereocenters. The fraction of sp³-hybridized carbons (Fsp3) is 0.353. The van der Waals surface area contributed by atoms with Crippen LogP contribution in [-0.2, 0) is 12.8 Å². The molecule has 0 aliphatic heterocycles. The number of aromatic nitrogens is 3. The lowest BCUT2D eigenvalue weighted by Crippen LogP contribution is -1.93. The molecule has 0 aliphatic carbocycles. The summed E-state index contributed by atoms with van der Waals surface area (Å²) in [4.78, 5) is 5.44. The van der Waals surface area contributed by atoms with E-state index in [4.69, 9.17) is 0 Å². The van der Waals surface area contributed by atoms with E-state index >= 15 is 0 Å². The topological polar surface area (TPSA) is 54.0 Å². The number of hydrogen-bond donors (Lipinski definition) is 0. The molecule has 22 heavy (non-hydrogen) atoms. The fourth-order valence-corrected chi connectivity index (χ4v) is 3.35. The van der Waals surface area contributed by atoms with Gasteiger partial charge in [0.25, 0.3) is 0 Å². The van der Waals surface area contributed by atoms with Crippen molar-refractivity contribution in [2.45, 2.75) is 39.5 Å². The number of aryl methyl sites for hydroxylation is 2. The molecule has 0 saturated carbocycles. The Kier molecular flexibility index (Phi) is 4.21. The van der Waals surface area contributed by atoms with Crippen molar-refractivity contribution in [3.8, 4) is 17.3 Å². The number of rotatable bonds is 5. The Bertz CT molecular complexity index is 821. The monoisotopic (exact) mass is 310 g/mol. The molecule has 3 aromatic rings. The predicted molar refractivity (Wildman–Crippen MR) is 89.0 cm³/mol. The molecule has 0 radical (unpaired) electrons. The standard InChI is InChI=1S/C17H18N4S/c1-3-5-6-15-20-21-14(11-18)16(19-17(21)22-15)13-9-7-12(4-2)8-10-13/h7-10H,3-6H2,1-2H3. The van der Waals surface area contributed by atoms with Gasteiger partial charge in [-0.15, -0.1) is 0 Å². The molecule has 0 N–H and O–H groups in total. The molecular formula is C17H18N4S. The van der Waals surface area contributed by atoms with Gasteiger partial charge in [0, 0.05) is 12.0 Å². The van der Waals surface area contributed by atoms with E-state index in [1.54, 1.807) is 15.9 Å². The van der Waals surface area contributed by atoms with Gasteiger partial charge in [-0.2, -0.15) is 14.9 Å². The molecule has 2 heterocycles. The first-order chi connectivity index (χ1) is 10.8. The summed E-state index contributed by atoms with van der Waals surface area (Å²) >= 11 is 1.58. The number of unbranched alkanes of at least 4 members (excludes halogenated alkanes) is 1. The third-order valence-corrected chi connectivity index (χ3v) is 4.70. The maximum absolute atomic E-state index is 9.51. The minimum atomic E-state index is 0.526. The molecule has 5 heteroatoms. The Morgan fingerprint density at radius 3 is 2.64 bits per heavy atom. The molecule has 0 atom stereocenters. The van der Waals surface area contributed by atoms with Gasteiger partial charge < -0.3 is 0 Å². The normalized spacial score (nSPS) is 11.0. The molecule has 0 spiro atoms. The van der Waals surface area contributed by atoms with Gasteiger partial charge in [0.05, 0.1) is 0 Å². The summed E-state index contributed by atoms with van der Waals surface area (Å²) < 4.78 is 1.69. The van der Waals surface area contributed by atoms with Crippen LogP contribution in [0, 0.1) is 11.3 Å². The zero-order chi connectivity index (χ0) is 15.5. The summed E-state index contributed by atoms with van der Waals surface area (Å²) in [5.41, 5.74) is 3.51. The van der Waals surface area contributed by atoms with Crippen molar-refractivity contribution >= 4 is 16.3 Å². The Labute approximate surface area is 134 Å². The highest BCUT2D eigenvalue weighted by Gasteiger charge is 2.17. The highest BCUT2D eigenvalue weighted by atomic mass is 32.1. The second-order valence-corrected chi connectivity index (χ2v) is 6.31. The lowest BCUT2D eigenvalue weighted by molar-refractivity contribution is 0.769. The van der Waals surface area contributed by atoms with Crippen molar-refractivity contribution in [3.63, 3.8) is 0 Å². The number of benzene rings is 1. The molecule has 0 bridgehead atoms. The second-order valence-electron chi connectivity index (χ2n) is 5.27. The average molecular weight is 310 g/mol. The summed E-state index contributed by atoms with van der Waals surface area (Å²) in [6.07, 6.45) is 4.22. The van der Waals surface area contributed by atoms with Crippen molar-refractivity contribution in [1.82, 2.24) is 14.6 Å². The van der Waals surface area contributed by atoms with Crippen LogP contribution in [0.5, 0.6) is 0 Å². The Hall–Kier alpha value is -2.19. The molecule has 2 aromatic heterocycles. The summed E-state index contributed by atoms with van der Waals surface area (Å²) in [6.45, 7) is 4.29. The first-order valence-electron chi connectivity index (χ1n) is 7.64. The van der Waals surface area contributed by atoms with Crippen LogP contribution < -0.4 is 0 Å². The summed E-state index contributed by atoms with van der Waals surface area (Å²) in [7, 11) is 0. The van der Waals surface area contributed by atoms with Gasteiger partial charge in [0.1, 0.15) is 16.8 Å². The number of imidazole rings is 1. The van der Waals surface area contributed by atoms with Crippen LogP contribution in [0.3, 0.4) is 0 Å². The van der Waals surface area contributed by atoms with Crippen LogP contribution in [0.25, 0.3) is 16.2 Å². The van der Waals surface area contributed by atoms with Crippen molar-refractivity contribution in [2.75, 3.05) is 0 Å². The van der Waals surface area contributed by atoms with Crippen molar-refractivity contribution in [3.05, 3.63) is 40.5 Å². The third-order valence-electron chi connectivity index (χ3n) is 3.73. The van der Waals surface area contributed by atoms with Gasteiger partial charge in [-0.1, -0.05) is 55.9 Å². The number of nitriles is 1. The number of fused-ring (bicyclic) bond motifs is 1.